The molecule has 1 heterocycles. The molecule has 1 amide bonds. The third-order valence-electron chi connectivity index (χ3n) is 5.18. The molecule has 6 nitrogen and oxygen atoms in total. The van der Waals surface area contributed by atoms with Gasteiger partial charge in [-0.2, -0.15) is 0 Å². The maximum atomic E-state index is 11.8. The molecular formula is C25H25Cl2N3O3. The molecule has 0 saturated heterocycles. The number of amides is 1. The number of halogens is 2. The van der Waals surface area contributed by atoms with E-state index in [0.29, 0.717) is 32.6 Å². The zero-order chi connectivity index (χ0) is 24.0. The molecular weight excluding hydrogens is 461 g/mol. The van der Waals surface area contributed by atoms with Crippen LogP contribution in [0.2, 0.25) is 10.0 Å². The summed E-state index contributed by atoms with van der Waals surface area (Å²) in [6.07, 6.45) is -1.92. The lowest BCUT2D eigenvalue weighted by Gasteiger charge is -2.17. The first kappa shape index (κ1) is 24.9. The molecule has 0 saturated carbocycles. The molecule has 1 aliphatic heterocycles. The second-order valence-corrected chi connectivity index (χ2v) is 8.29. The Morgan fingerprint density at radius 1 is 1.00 bits per heavy atom. The van der Waals surface area contributed by atoms with Gasteiger partial charge in [-0.3, -0.25) is 4.79 Å². The summed E-state index contributed by atoms with van der Waals surface area (Å²) in [6.45, 7) is 1.96. The molecule has 0 aliphatic carbocycles. The molecule has 33 heavy (non-hydrogen) atoms. The van der Waals surface area contributed by atoms with Crippen molar-refractivity contribution in [3.05, 3.63) is 99.5 Å². The number of nitrogens with one attached hydrogen (secondary N) is 2. The Hall–Kier alpha value is -2.74. The monoisotopic (exact) mass is 485 g/mol. The van der Waals surface area contributed by atoms with Crippen LogP contribution in [-0.2, 0) is 4.79 Å². The van der Waals surface area contributed by atoms with Crippen molar-refractivity contribution in [1.82, 2.24) is 5.32 Å². The molecule has 3 aromatic carbocycles. The Morgan fingerprint density at radius 2 is 1.67 bits per heavy atom. The number of aliphatic hydroxyl groups excluding tert-OH is 2. The van der Waals surface area contributed by atoms with Gasteiger partial charge < -0.3 is 20.8 Å². The molecule has 1 aliphatic rings. The fourth-order valence-electron chi connectivity index (χ4n) is 3.23. The highest BCUT2D eigenvalue weighted by molar-refractivity contribution is 6.36. The number of benzene rings is 3. The number of aliphatic hydroxyl groups is 2. The summed E-state index contributed by atoms with van der Waals surface area (Å²) in [5, 5.41) is 26.2. The third kappa shape index (κ3) is 6.19. The molecule has 0 radical (unpaired) electrons. The van der Waals surface area contributed by atoms with Gasteiger partial charge in [0.25, 0.3) is 5.91 Å². The maximum absolute atomic E-state index is 11.8. The number of nitrogens with zero attached hydrogens (tertiary/aromatic N) is 1. The first-order chi connectivity index (χ1) is 15.8. The summed E-state index contributed by atoms with van der Waals surface area (Å²) in [7, 11) is 1.84. The normalized spacial score (nSPS) is 16.8. The number of hydrogen-bond donors (Lipinski definition) is 4. The van der Waals surface area contributed by atoms with Gasteiger partial charge in [-0.05, 0) is 43.8 Å². The standard InChI is InChI=1S/C15H10Cl2N2O2.C10H15NO/c16-8-5-6-12-10(7-8)13(19-15(21)14(20)18-12)9-3-1-2-4-11(9)17;1-8(11-2)10(12)9-6-4-3-5-7-9/h1-7,15,21H,(H,18,20);3-8,10-12H,1-2H3/t;8-,10+/m.0/s1. The van der Waals surface area contributed by atoms with Gasteiger partial charge in [0.15, 0.2) is 0 Å². The van der Waals surface area contributed by atoms with Crippen LogP contribution in [0.3, 0.4) is 0 Å². The van der Waals surface area contributed by atoms with Crippen molar-refractivity contribution in [2.75, 3.05) is 12.4 Å². The van der Waals surface area contributed by atoms with E-state index in [1.807, 2.05) is 44.3 Å². The highest BCUT2D eigenvalue weighted by Crippen LogP contribution is 2.29. The number of anilines is 1. The largest absolute Gasteiger partial charge is 0.387 e. The fraction of sp³-hybridized carbons (Fsp3) is 0.200. The molecule has 0 spiro atoms. The molecule has 0 fully saturated rings. The molecule has 4 rings (SSSR count). The minimum Gasteiger partial charge on any atom is -0.387 e. The molecule has 8 heteroatoms. The van der Waals surface area contributed by atoms with E-state index in [9.17, 15) is 15.0 Å². The first-order valence-corrected chi connectivity index (χ1v) is 11.1. The molecule has 4 N–H and O–H groups in total. The predicted molar refractivity (Wildman–Crippen MR) is 133 cm³/mol. The molecule has 0 aromatic heterocycles. The van der Waals surface area contributed by atoms with Crippen LogP contribution >= 0.6 is 23.2 Å². The van der Waals surface area contributed by atoms with Crippen molar-refractivity contribution in [1.29, 1.82) is 0 Å². The van der Waals surface area contributed by atoms with Crippen LogP contribution in [0.1, 0.15) is 29.7 Å². The van der Waals surface area contributed by atoms with Crippen LogP contribution in [-0.4, -0.2) is 41.1 Å². The zero-order valence-electron chi connectivity index (χ0n) is 18.2. The van der Waals surface area contributed by atoms with Gasteiger partial charge >= 0.3 is 0 Å². The Bertz CT molecular complexity index is 1140. The van der Waals surface area contributed by atoms with E-state index in [-0.39, 0.29) is 6.04 Å². The second kappa shape index (κ2) is 11.4. The van der Waals surface area contributed by atoms with Gasteiger partial charge in [-0.1, -0.05) is 71.7 Å². The van der Waals surface area contributed by atoms with E-state index < -0.39 is 18.2 Å². The van der Waals surface area contributed by atoms with Crippen molar-refractivity contribution in [3.63, 3.8) is 0 Å². The van der Waals surface area contributed by atoms with Gasteiger partial charge in [0.05, 0.1) is 17.5 Å². The third-order valence-corrected chi connectivity index (χ3v) is 5.74. The Balaban J connectivity index is 0.000000218. The number of carbonyl (C=O) groups is 1. The molecule has 1 unspecified atom stereocenters. The molecule has 172 valence electrons. The summed E-state index contributed by atoms with van der Waals surface area (Å²) in [4.78, 5) is 15.9. The minimum atomic E-state index is -1.50. The summed E-state index contributed by atoms with van der Waals surface area (Å²) in [6, 6.07) is 21.8. The SMILES string of the molecule is CN[C@@H](C)[C@@H](O)c1ccccc1.O=C1Nc2ccc(Cl)cc2C(c2ccccc2Cl)=NC1O. The zero-order valence-corrected chi connectivity index (χ0v) is 19.7. The lowest BCUT2D eigenvalue weighted by Crippen LogP contribution is -2.28. The Morgan fingerprint density at radius 3 is 2.33 bits per heavy atom. The first-order valence-electron chi connectivity index (χ1n) is 10.3. The number of rotatable bonds is 4. The topological polar surface area (TPSA) is 94.0 Å². The summed E-state index contributed by atoms with van der Waals surface area (Å²) < 4.78 is 0. The quantitative estimate of drug-likeness (QED) is 0.439. The smallest absolute Gasteiger partial charge is 0.276 e. The van der Waals surface area contributed by atoms with E-state index in [1.54, 1.807) is 42.5 Å². The minimum absolute atomic E-state index is 0.0902. The van der Waals surface area contributed by atoms with Crippen molar-refractivity contribution >= 4 is 40.5 Å². The number of benzodiazepines with no additional fused rings is 1. The van der Waals surface area contributed by atoms with Crippen LogP contribution in [0.5, 0.6) is 0 Å². The van der Waals surface area contributed by atoms with Crippen molar-refractivity contribution in [2.24, 2.45) is 4.99 Å². The maximum Gasteiger partial charge on any atom is 0.276 e. The average Bonchev–Trinajstić information content (AvgIpc) is 2.95. The summed E-state index contributed by atoms with van der Waals surface area (Å²) in [5.74, 6) is -0.597. The second-order valence-electron chi connectivity index (χ2n) is 7.44. The van der Waals surface area contributed by atoms with Crippen molar-refractivity contribution < 1.29 is 15.0 Å². The van der Waals surface area contributed by atoms with E-state index in [0.717, 1.165) is 5.56 Å². The fourth-order valence-corrected chi connectivity index (χ4v) is 3.63. The molecule has 3 aromatic rings. The van der Waals surface area contributed by atoms with Gasteiger partial charge in [-0.15, -0.1) is 0 Å². The Labute approximate surface area is 202 Å². The van der Waals surface area contributed by atoms with Crippen LogP contribution in [0, 0.1) is 0 Å². The van der Waals surface area contributed by atoms with Crippen molar-refractivity contribution in [3.8, 4) is 0 Å². The highest BCUT2D eigenvalue weighted by Gasteiger charge is 2.25. The average molecular weight is 486 g/mol. The van der Waals surface area contributed by atoms with Gasteiger partial charge in [0, 0.05) is 27.2 Å². The molecule has 3 atom stereocenters. The lowest BCUT2D eigenvalue weighted by atomic mass is 10.0. The Kier molecular flexibility index (Phi) is 8.61. The van der Waals surface area contributed by atoms with E-state index >= 15 is 0 Å². The number of aliphatic imine (C=N–C) groups is 1. The van der Waals surface area contributed by atoms with Gasteiger partial charge in [0.1, 0.15) is 0 Å². The van der Waals surface area contributed by atoms with Crippen LogP contribution in [0.4, 0.5) is 5.69 Å². The van der Waals surface area contributed by atoms with Crippen LogP contribution < -0.4 is 10.6 Å². The van der Waals surface area contributed by atoms with Crippen LogP contribution in [0.15, 0.2) is 77.8 Å². The van der Waals surface area contributed by atoms with Crippen LogP contribution in [0.25, 0.3) is 0 Å². The highest BCUT2D eigenvalue weighted by atomic mass is 35.5. The number of hydrogen-bond acceptors (Lipinski definition) is 5. The number of likely N-dealkylation sites (N-methyl/N-ethyl adjacent to an activating group) is 1. The van der Waals surface area contributed by atoms with Crippen molar-refractivity contribution in [2.45, 2.75) is 25.3 Å². The van der Waals surface area contributed by atoms with E-state index in [1.165, 1.54) is 0 Å². The predicted octanol–water partition coefficient (Wildman–Crippen LogP) is 4.43. The molecule has 0 bridgehead atoms. The number of carbonyl (C=O) groups excluding carboxylic acids is 1. The van der Waals surface area contributed by atoms with Gasteiger partial charge in [-0.25, -0.2) is 4.99 Å². The van der Waals surface area contributed by atoms with E-state index in [4.69, 9.17) is 23.2 Å². The number of fused-ring (bicyclic) bond motifs is 1. The summed E-state index contributed by atoms with van der Waals surface area (Å²) in [5.41, 5.74) is 3.14. The van der Waals surface area contributed by atoms with E-state index in [2.05, 4.69) is 15.6 Å². The van der Waals surface area contributed by atoms with Gasteiger partial charge in [0.2, 0.25) is 6.23 Å². The lowest BCUT2D eigenvalue weighted by molar-refractivity contribution is -0.123. The summed E-state index contributed by atoms with van der Waals surface area (Å²) >= 11 is 12.2.